The highest BCUT2D eigenvalue weighted by Crippen LogP contribution is 2.16. The molecule has 0 aromatic heterocycles. The summed E-state index contributed by atoms with van der Waals surface area (Å²) in [5.74, 6) is 0.949. The van der Waals surface area contributed by atoms with Gasteiger partial charge in [-0.05, 0) is 35.4 Å². The molecular formula is C14H12ClFO. The Balaban J connectivity index is 2.02. The van der Waals surface area contributed by atoms with Crippen LogP contribution in [-0.2, 0) is 12.5 Å². The Morgan fingerprint density at radius 1 is 1.00 bits per heavy atom. The quantitative estimate of drug-likeness (QED) is 0.741. The molecule has 2 rings (SSSR count). The van der Waals surface area contributed by atoms with Gasteiger partial charge in [-0.2, -0.15) is 0 Å². The van der Waals surface area contributed by atoms with Gasteiger partial charge in [0.25, 0.3) is 0 Å². The molecule has 0 aliphatic rings. The molecule has 0 unspecified atom stereocenters. The third kappa shape index (κ3) is 3.46. The smallest absolute Gasteiger partial charge is 0.123 e. The summed E-state index contributed by atoms with van der Waals surface area (Å²) in [6.45, 7) is 0.351. The Morgan fingerprint density at radius 3 is 2.53 bits per heavy atom. The fourth-order valence-electron chi connectivity index (χ4n) is 1.51. The average Bonchev–Trinajstić information content (AvgIpc) is 2.37. The monoisotopic (exact) mass is 250 g/mol. The van der Waals surface area contributed by atoms with E-state index < -0.39 is 0 Å². The van der Waals surface area contributed by atoms with Gasteiger partial charge in [0.2, 0.25) is 0 Å². The van der Waals surface area contributed by atoms with Crippen molar-refractivity contribution in [3.63, 3.8) is 0 Å². The van der Waals surface area contributed by atoms with Crippen molar-refractivity contribution in [1.29, 1.82) is 0 Å². The summed E-state index contributed by atoms with van der Waals surface area (Å²) >= 11 is 5.73. The van der Waals surface area contributed by atoms with E-state index in [2.05, 4.69) is 0 Å². The van der Waals surface area contributed by atoms with Gasteiger partial charge >= 0.3 is 0 Å². The highest BCUT2D eigenvalue weighted by molar-refractivity contribution is 6.17. The Morgan fingerprint density at radius 2 is 1.76 bits per heavy atom. The number of rotatable bonds is 4. The first kappa shape index (κ1) is 11.9. The highest BCUT2D eigenvalue weighted by atomic mass is 35.5. The molecule has 0 radical (unpaired) electrons. The molecule has 0 saturated carbocycles. The number of ether oxygens (including phenoxy) is 1. The van der Waals surface area contributed by atoms with Gasteiger partial charge in [0.15, 0.2) is 0 Å². The van der Waals surface area contributed by atoms with E-state index in [1.807, 2.05) is 30.3 Å². The molecule has 0 atom stereocenters. The molecule has 3 heteroatoms. The molecule has 0 aliphatic carbocycles. The maximum atomic E-state index is 12.9. The standard InChI is InChI=1S/C14H12ClFO/c15-9-11-3-2-6-14(8-11)17-10-12-4-1-5-13(16)7-12/h1-8H,9-10H2. The van der Waals surface area contributed by atoms with Gasteiger partial charge in [-0.1, -0.05) is 24.3 Å². The minimum atomic E-state index is -0.249. The average molecular weight is 251 g/mol. The minimum absolute atomic E-state index is 0.249. The number of benzene rings is 2. The summed E-state index contributed by atoms with van der Waals surface area (Å²) < 4.78 is 18.5. The van der Waals surface area contributed by atoms with E-state index in [-0.39, 0.29) is 5.82 Å². The number of hydrogen-bond donors (Lipinski definition) is 0. The zero-order chi connectivity index (χ0) is 12.1. The van der Waals surface area contributed by atoms with E-state index in [1.165, 1.54) is 12.1 Å². The molecule has 0 N–H and O–H groups in total. The zero-order valence-electron chi connectivity index (χ0n) is 9.20. The summed E-state index contributed by atoms with van der Waals surface area (Å²) in [6, 6.07) is 13.9. The number of hydrogen-bond acceptors (Lipinski definition) is 1. The van der Waals surface area contributed by atoms with Crippen molar-refractivity contribution in [2.24, 2.45) is 0 Å². The molecule has 0 spiro atoms. The number of halogens is 2. The van der Waals surface area contributed by atoms with E-state index in [9.17, 15) is 4.39 Å². The first-order valence-electron chi connectivity index (χ1n) is 5.30. The van der Waals surface area contributed by atoms with Gasteiger partial charge in [-0.15, -0.1) is 11.6 Å². The van der Waals surface area contributed by atoms with E-state index in [0.29, 0.717) is 12.5 Å². The van der Waals surface area contributed by atoms with E-state index in [0.717, 1.165) is 16.9 Å². The van der Waals surface area contributed by atoms with Crippen molar-refractivity contribution < 1.29 is 9.13 Å². The third-order valence-electron chi connectivity index (χ3n) is 2.35. The first-order valence-corrected chi connectivity index (χ1v) is 5.83. The number of alkyl halides is 1. The normalized spacial score (nSPS) is 10.2. The summed E-state index contributed by atoms with van der Waals surface area (Å²) in [4.78, 5) is 0. The van der Waals surface area contributed by atoms with Gasteiger partial charge < -0.3 is 4.74 Å². The fraction of sp³-hybridized carbons (Fsp3) is 0.143. The predicted molar refractivity (Wildman–Crippen MR) is 66.7 cm³/mol. The summed E-state index contributed by atoms with van der Waals surface area (Å²) in [5, 5.41) is 0. The molecule has 17 heavy (non-hydrogen) atoms. The molecule has 0 saturated heterocycles. The zero-order valence-corrected chi connectivity index (χ0v) is 9.95. The lowest BCUT2D eigenvalue weighted by Gasteiger charge is -2.07. The minimum Gasteiger partial charge on any atom is -0.489 e. The van der Waals surface area contributed by atoms with Gasteiger partial charge in [-0.25, -0.2) is 4.39 Å². The van der Waals surface area contributed by atoms with Crippen molar-refractivity contribution in [3.05, 3.63) is 65.5 Å². The lowest BCUT2D eigenvalue weighted by molar-refractivity contribution is 0.305. The molecule has 2 aromatic rings. The molecule has 1 nitrogen and oxygen atoms in total. The van der Waals surface area contributed by atoms with Crippen LogP contribution in [0.15, 0.2) is 48.5 Å². The molecule has 0 heterocycles. The van der Waals surface area contributed by atoms with Crippen LogP contribution in [0, 0.1) is 5.82 Å². The van der Waals surface area contributed by atoms with Crippen molar-refractivity contribution in [1.82, 2.24) is 0 Å². The largest absolute Gasteiger partial charge is 0.489 e. The first-order chi connectivity index (χ1) is 8.28. The van der Waals surface area contributed by atoms with Crippen LogP contribution in [0.4, 0.5) is 4.39 Å². The van der Waals surface area contributed by atoms with E-state index >= 15 is 0 Å². The lowest BCUT2D eigenvalue weighted by atomic mass is 10.2. The van der Waals surface area contributed by atoms with E-state index in [1.54, 1.807) is 6.07 Å². The molecule has 0 fully saturated rings. The van der Waals surface area contributed by atoms with Crippen LogP contribution in [0.25, 0.3) is 0 Å². The second-order valence-electron chi connectivity index (χ2n) is 3.70. The SMILES string of the molecule is Fc1cccc(COc2cccc(CCl)c2)c1. The molecule has 0 amide bonds. The maximum absolute atomic E-state index is 12.9. The van der Waals surface area contributed by atoms with Crippen molar-refractivity contribution in [3.8, 4) is 5.75 Å². The second kappa shape index (κ2) is 5.69. The van der Waals surface area contributed by atoms with Crippen LogP contribution in [0.5, 0.6) is 5.75 Å². The Kier molecular flexibility index (Phi) is 3.99. The molecule has 0 aliphatic heterocycles. The van der Waals surface area contributed by atoms with Gasteiger partial charge in [0, 0.05) is 5.88 Å². The van der Waals surface area contributed by atoms with Crippen molar-refractivity contribution in [2.75, 3.05) is 0 Å². The summed E-state index contributed by atoms with van der Waals surface area (Å²) in [6.07, 6.45) is 0. The topological polar surface area (TPSA) is 9.23 Å². The fourth-order valence-corrected chi connectivity index (χ4v) is 1.68. The highest BCUT2D eigenvalue weighted by Gasteiger charge is 1.98. The Labute approximate surface area is 105 Å². The van der Waals surface area contributed by atoms with Crippen LogP contribution in [0.2, 0.25) is 0 Å². The van der Waals surface area contributed by atoms with Crippen LogP contribution < -0.4 is 4.74 Å². The second-order valence-corrected chi connectivity index (χ2v) is 3.97. The lowest BCUT2D eigenvalue weighted by Crippen LogP contribution is -1.96. The van der Waals surface area contributed by atoms with Crippen molar-refractivity contribution in [2.45, 2.75) is 12.5 Å². The van der Waals surface area contributed by atoms with Gasteiger partial charge in [0.05, 0.1) is 0 Å². The predicted octanol–water partition coefficient (Wildman–Crippen LogP) is 4.14. The third-order valence-corrected chi connectivity index (χ3v) is 2.66. The molecule has 2 aromatic carbocycles. The van der Waals surface area contributed by atoms with Gasteiger partial charge in [-0.3, -0.25) is 0 Å². The molecular weight excluding hydrogens is 239 g/mol. The molecule has 0 bridgehead atoms. The summed E-state index contributed by atoms with van der Waals surface area (Å²) in [5.41, 5.74) is 1.81. The Bertz CT molecular complexity index is 499. The Hall–Kier alpha value is -1.54. The summed E-state index contributed by atoms with van der Waals surface area (Å²) in [7, 11) is 0. The van der Waals surface area contributed by atoms with Crippen LogP contribution in [-0.4, -0.2) is 0 Å². The van der Waals surface area contributed by atoms with Crippen LogP contribution >= 0.6 is 11.6 Å². The maximum Gasteiger partial charge on any atom is 0.123 e. The van der Waals surface area contributed by atoms with Crippen LogP contribution in [0.3, 0.4) is 0 Å². The van der Waals surface area contributed by atoms with Crippen LogP contribution in [0.1, 0.15) is 11.1 Å². The van der Waals surface area contributed by atoms with Crippen molar-refractivity contribution >= 4 is 11.6 Å². The van der Waals surface area contributed by atoms with E-state index in [4.69, 9.17) is 16.3 Å². The molecule has 88 valence electrons. The van der Waals surface area contributed by atoms with Gasteiger partial charge in [0.1, 0.15) is 18.2 Å².